The van der Waals surface area contributed by atoms with E-state index in [1.807, 2.05) is 0 Å². The summed E-state index contributed by atoms with van der Waals surface area (Å²) in [5, 5.41) is 0.939. The zero-order chi connectivity index (χ0) is 22.5. The smallest absolute Gasteiger partial charge is 0.269 e. The number of halogens is 2. The van der Waals surface area contributed by atoms with E-state index in [1.165, 1.54) is 12.8 Å². The monoisotopic (exact) mass is 466 g/mol. The van der Waals surface area contributed by atoms with Crippen molar-refractivity contribution in [3.05, 3.63) is 58.1 Å². The largest absolute Gasteiger partial charge is 0.494 e. The fraction of sp³-hybridized carbons (Fsp3) is 0.391. The molecule has 0 atom stereocenters. The molecule has 0 aromatic heterocycles. The Labute approximate surface area is 193 Å². The first-order valence-corrected chi connectivity index (χ1v) is 11.1. The number of amides is 2. The summed E-state index contributed by atoms with van der Waals surface area (Å²) in [6.07, 6.45) is 5.21. The number of ether oxygens (including phenoxy) is 2. The third-order valence-corrected chi connectivity index (χ3v) is 4.93. The van der Waals surface area contributed by atoms with E-state index in [0.717, 1.165) is 18.6 Å². The van der Waals surface area contributed by atoms with Crippen molar-refractivity contribution < 1.29 is 19.1 Å². The van der Waals surface area contributed by atoms with E-state index in [2.05, 4.69) is 17.8 Å². The lowest BCUT2D eigenvalue weighted by atomic mass is 10.2. The molecule has 0 unspecified atom stereocenters. The number of hydrogen-bond acceptors (Lipinski definition) is 4. The lowest BCUT2D eigenvalue weighted by molar-refractivity contribution is -0.122. The molecule has 2 amide bonds. The third kappa shape index (κ3) is 9.49. The highest BCUT2D eigenvalue weighted by atomic mass is 35.5. The molecule has 0 aliphatic heterocycles. The van der Waals surface area contributed by atoms with Gasteiger partial charge < -0.3 is 9.47 Å². The fourth-order valence-corrected chi connectivity index (χ4v) is 3.15. The van der Waals surface area contributed by atoms with Gasteiger partial charge in [-0.05, 0) is 55.3 Å². The van der Waals surface area contributed by atoms with Crippen molar-refractivity contribution in [2.75, 3.05) is 13.2 Å². The van der Waals surface area contributed by atoms with Gasteiger partial charge in [0.1, 0.15) is 11.5 Å². The molecule has 2 aromatic carbocycles. The molecule has 0 fully saturated rings. The van der Waals surface area contributed by atoms with Crippen LogP contribution < -0.4 is 20.3 Å². The zero-order valence-electron chi connectivity index (χ0n) is 17.6. The van der Waals surface area contributed by atoms with E-state index in [9.17, 15) is 9.59 Å². The molecule has 0 aliphatic carbocycles. The lowest BCUT2D eigenvalue weighted by Crippen LogP contribution is -2.41. The first-order valence-electron chi connectivity index (χ1n) is 10.4. The van der Waals surface area contributed by atoms with Gasteiger partial charge in [0, 0.05) is 17.0 Å². The standard InChI is InChI=1S/C23H28Cl2N2O4/c1-2-3-4-5-14-30-19-11-8-17(9-12-19)23(29)27-26-22(28)7-6-15-31-21-13-10-18(24)16-20(21)25/h8-13,16H,2-7,14-15H2,1H3,(H,26,28)(H,27,29). The number of hydrazine groups is 1. The zero-order valence-corrected chi connectivity index (χ0v) is 19.1. The minimum Gasteiger partial charge on any atom is -0.494 e. The first-order chi connectivity index (χ1) is 15.0. The van der Waals surface area contributed by atoms with Crippen LogP contribution in [0.5, 0.6) is 11.5 Å². The van der Waals surface area contributed by atoms with Crippen LogP contribution in [0.15, 0.2) is 42.5 Å². The molecule has 168 valence electrons. The average molecular weight is 467 g/mol. The quantitative estimate of drug-likeness (QED) is 0.316. The summed E-state index contributed by atoms with van der Waals surface area (Å²) in [5.74, 6) is 0.518. The topological polar surface area (TPSA) is 76.7 Å². The number of carbonyl (C=O) groups is 2. The minimum atomic E-state index is -0.396. The molecule has 2 N–H and O–H groups in total. The SMILES string of the molecule is CCCCCCOc1ccc(C(=O)NNC(=O)CCCOc2ccc(Cl)cc2Cl)cc1. The Morgan fingerprint density at radius 3 is 2.32 bits per heavy atom. The Morgan fingerprint density at radius 1 is 0.871 bits per heavy atom. The maximum absolute atomic E-state index is 12.2. The Balaban J connectivity index is 1.63. The predicted octanol–water partition coefficient (Wildman–Crippen LogP) is 5.57. The summed E-state index contributed by atoms with van der Waals surface area (Å²) < 4.78 is 11.2. The van der Waals surface area contributed by atoms with Gasteiger partial charge in [0.05, 0.1) is 18.2 Å². The van der Waals surface area contributed by atoms with E-state index >= 15 is 0 Å². The van der Waals surface area contributed by atoms with Gasteiger partial charge in [-0.3, -0.25) is 20.4 Å². The number of rotatable bonds is 12. The molecule has 0 heterocycles. The average Bonchev–Trinajstić information content (AvgIpc) is 2.76. The van der Waals surface area contributed by atoms with Crippen LogP contribution in [0.3, 0.4) is 0 Å². The highest BCUT2D eigenvalue weighted by Crippen LogP contribution is 2.27. The van der Waals surface area contributed by atoms with Gasteiger partial charge in [0.15, 0.2) is 0 Å². The summed E-state index contributed by atoms with van der Waals surface area (Å²) >= 11 is 11.9. The summed E-state index contributed by atoms with van der Waals surface area (Å²) in [7, 11) is 0. The van der Waals surface area contributed by atoms with Crippen molar-refractivity contribution in [2.45, 2.75) is 45.4 Å². The van der Waals surface area contributed by atoms with Crippen molar-refractivity contribution in [3.63, 3.8) is 0 Å². The summed E-state index contributed by atoms with van der Waals surface area (Å²) in [6, 6.07) is 11.8. The second-order valence-electron chi connectivity index (χ2n) is 6.96. The molecule has 0 spiro atoms. The summed E-state index contributed by atoms with van der Waals surface area (Å²) in [5.41, 5.74) is 5.23. The molecule has 0 saturated carbocycles. The molecular formula is C23H28Cl2N2O4. The summed E-state index contributed by atoms with van der Waals surface area (Å²) in [6.45, 7) is 3.14. The Hall–Kier alpha value is -2.44. The molecule has 2 rings (SSSR count). The van der Waals surface area contributed by atoms with Crippen LogP contribution in [0.2, 0.25) is 10.0 Å². The van der Waals surface area contributed by atoms with Gasteiger partial charge >= 0.3 is 0 Å². The van der Waals surface area contributed by atoms with Gasteiger partial charge in [0.2, 0.25) is 5.91 Å². The van der Waals surface area contributed by atoms with Gasteiger partial charge in [-0.2, -0.15) is 0 Å². The molecule has 0 radical (unpaired) electrons. The Morgan fingerprint density at radius 2 is 1.61 bits per heavy atom. The van der Waals surface area contributed by atoms with Crippen molar-refractivity contribution in [2.24, 2.45) is 0 Å². The Kier molecular flexibility index (Phi) is 11.0. The Bertz CT molecular complexity index is 844. The molecule has 0 bridgehead atoms. The first kappa shape index (κ1) is 24.8. The number of hydrogen-bond donors (Lipinski definition) is 2. The molecular weight excluding hydrogens is 439 g/mol. The maximum Gasteiger partial charge on any atom is 0.269 e. The van der Waals surface area contributed by atoms with Crippen molar-refractivity contribution in [3.8, 4) is 11.5 Å². The van der Waals surface area contributed by atoms with E-state index in [0.29, 0.717) is 41.0 Å². The van der Waals surface area contributed by atoms with E-state index in [4.69, 9.17) is 32.7 Å². The molecule has 0 aliphatic rings. The fourth-order valence-electron chi connectivity index (χ4n) is 2.69. The van der Waals surface area contributed by atoms with Gasteiger partial charge in [-0.25, -0.2) is 0 Å². The number of carbonyl (C=O) groups excluding carboxylic acids is 2. The van der Waals surface area contributed by atoms with Crippen LogP contribution >= 0.6 is 23.2 Å². The van der Waals surface area contributed by atoms with Crippen LogP contribution in [0, 0.1) is 0 Å². The van der Waals surface area contributed by atoms with Crippen LogP contribution in [-0.2, 0) is 4.79 Å². The summed E-state index contributed by atoms with van der Waals surface area (Å²) in [4.78, 5) is 24.1. The number of benzene rings is 2. The molecule has 6 nitrogen and oxygen atoms in total. The third-order valence-electron chi connectivity index (χ3n) is 4.40. The minimum absolute atomic E-state index is 0.191. The van der Waals surface area contributed by atoms with Crippen LogP contribution in [-0.4, -0.2) is 25.0 Å². The van der Waals surface area contributed by atoms with Crippen molar-refractivity contribution in [1.29, 1.82) is 0 Å². The number of unbranched alkanes of at least 4 members (excludes halogenated alkanes) is 3. The van der Waals surface area contributed by atoms with Crippen molar-refractivity contribution >= 4 is 35.0 Å². The van der Waals surface area contributed by atoms with Crippen LogP contribution in [0.4, 0.5) is 0 Å². The highest BCUT2D eigenvalue weighted by Gasteiger charge is 2.08. The van der Waals surface area contributed by atoms with Gasteiger partial charge in [0.25, 0.3) is 5.91 Å². The second kappa shape index (κ2) is 13.8. The normalized spacial score (nSPS) is 10.4. The van der Waals surface area contributed by atoms with Crippen LogP contribution in [0.1, 0.15) is 55.8 Å². The molecule has 8 heteroatoms. The molecule has 2 aromatic rings. The molecule has 0 saturated heterocycles. The van der Waals surface area contributed by atoms with Gasteiger partial charge in [-0.1, -0.05) is 49.4 Å². The molecule has 31 heavy (non-hydrogen) atoms. The van der Waals surface area contributed by atoms with E-state index in [1.54, 1.807) is 42.5 Å². The van der Waals surface area contributed by atoms with Crippen LogP contribution in [0.25, 0.3) is 0 Å². The number of nitrogens with one attached hydrogen (secondary N) is 2. The van der Waals surface area contributed by atoms with Crippen molar-refractivity contribution in [1.82, 2.24) is 10.9 Å². The maximum atomic E-state index is 12.2. The highest BCUT2D eigenvalue weighted by molar-refractivity contribution is 6.35. The second-order valence-corrected chi connectivity index (χ2v) is 7.81. The van der Waals surface area contributed by atoms with E-state index in [-0.39, 0.29) is 12.3 Å². The lowest BCUT2D eigenvalue weighted by Gasteiger charge is -2.10. The predicted molar refractivity (Wildman–Crippen MR) is 123 cm³/mol. The van der Waals surface area contributed by atoms with Gasteiger partial charge in [-0.15, -0.1) is 0 Å². The van der Waals surface area contributed by atoms with E-state index < -0.39 is 5.91 Å².